The summed E-state index contributed by atoms with van der Waals surface area (Å²) in [6, 6.07) is 9.52. The van der Waals surface area contributed by atoms with Crippen molar-refractivity contribution in [2.45, 2.75) is 19.9 Å². The standard InChI is InChI=1S/C16H20N4O2/c1-3-11-4-6-12(7-5-11)14-10-13(15(17)18)16(21)20(19-14)8-9-22-2/h4-7,10H,3,8-9H2,1-2H3,(H3,17,18). The Kier molecular flexibility index (Phi) is 5.06. The summed E-state index contributed by atoms with van der Waals surface area (Å²) in [6.07, 6.45) is 0.958. The maximum atomic E-state index is 12.2. The number of nitrogens with one attached hydrogen (secondary N) is 1. The molecule has 2 rings (SSSR count). The first-order valence-corrected chi connectivity index (χ1v) is 7.11. The van der Waals surface area contributed by atoms with E-state index < -0.39 is 0 Å². The van der Waals surface area contributed by atoms with Gasteiger partial charge in [-0.15, -0.1) is 0 Å². The molecule has 0 unspecified atom stereocenters. The summed E-state index contributed by atoms with van der Waals surface area (Å²) in [5.74, 6) is -0.259. The van der Waals surface area contributed by atoms with Crippen LogP contribution in [0.2, 0.25) is 0 Å². The van der Waals surface area contributed by atoms with Crippen LogP contribution in [0.1, 0.15) is 18.1 Å². The second kappa shape index (κ2) is 7.00. The summed E-state index contributed by atoms with van der Waals surface area (Å²) in [4.78, 5) is 12.2. The summed E-state index contributed by atoms with van der Waals surface area (Å²) in [5, 5.41) is 11.9. The second-order valence-electron chi connectivity index (χ2n) is 4.93. The number of amidine groups is 1. The van der Waals surface area contributed by atoms with Crippen molar-refractivity contribution < 1.29 is 4.74 Å². The van der Waals surface area contributed by atoms with Gasteiger partial charge in [-0.1, -0.05) is 31.2 Å². The lowest BCUT2D eigenvalue weighted by molar-refractivity contribution is 0.182. The normalized spacial score (nSPS) is 10.6. The van der Waals surface area contributed by atoms with Gasteiger partial charge in [0.2, 0.25) is 0 Å². The van der Waals surface area contributed by atoms with E-state index in [4.69, 9.17) is 15.9 Å². The highest BCUT2D eigenvalue weighted by atomic mass is 16.5. The zero-order valence-corrected chi connectivity index (χ0v) is 12.8. The molecule has 0 radical (unpaired) electrons. The Balaban J connectivity index is 2.52. The van der Waals surface area contributed by atoms with E-state index in [1.165, 1.54) is 10.2 Å². The van der Waals surface area contributed by atoms with Gasteiger partial charge in [0.05, 0.1) is 24.4 Å². The smallest absolute Gasteiger partial charge is 0.277 e. The SMILES string of the molecule is CCc1ccc(-c2cc(C(=N)N)c(=O)n(CCOC)n2)cc1. The van der Waals surface area contributed by atoms with Crippen LogP contribution in [0, 0.1) is 5.41 Å². The molecule has 0 fully saturated rings. The van der Waals surface area contributed by atoms with Crippen LogP contribution in [0.4, 0.5) is 0 Å². The molecular formula is C16H20N4O2. The lowest BCUT2D eigenvalue weighted by Gasteiger charge is -2.10. The molecule has 0 spiro atoms. The van der Waals surface area contributed by atoms with Crippen molar-refractivity contribution in [2.75, 3.05) is 13.7 Å². The number of methoxy groups -OCH3 is 1. The molecule has 116 valence electrons. The second-order valence-corrected chi connectivity index (χ2v) is 4.93. The molecule has 0 atom stereocenters. The van der Waals surface area contributed by atoms with Crippen LogP contribution in [0.3, 0.4) is 0 Å². The Hall–Kier alpha value is -2.47. The van der Waals surface area contributed by atoms with Gasteiger partial charge in [-0.05, 0) is 18.1 Å². The van der Waals surface area contributed by atoms with E-state index in [1.54, 1.807) is 13.2 Å². The van der Waals surface area contributed by atoms with E-state index in [9.17, 15) is 4.79 Å². The molecule has 22 heavy (non-hydrogen) atoms. The number of benzene rings is 1. The van der Waals surface area contributed by atoms with E-state index in [0.717, 1.165) is 12.0 Å². The van der Waals surface area contributed by atoms with Crippen LogP contribution in [-0.4, -0.2) is 29.3 Å². The minimum atomic E-state index is -0.376. The molecule has 0 amide bonds. The van der Waals surface area contributed by atoms with Gasteiger partial charge in [-0.25, -0.2) is 4.68 Å². The summed E-state index contributed by atoms with van der Waals surface area (Å²) < 4.78 is 6.29. The molecule has 0 saturated heterocycles. The van der Waals surface area contributed by atoms with Crippen molar-refractivity contribution in [3.63, 3.8) is 0 Å². The fraction of sp³-hybridized carbons (Fsp3) is 0.312. The number of hydrogen-bond donors (Lipinski definition) is 2. The van der Waals surface area contributed by atoms with Crippen LogP contribution in [0.15, 0.2) is 35.1 Å². The average molecular weight is 300 g/mol. The molecule has 6 heteroatoms. The van der Waals surface area contributed by atoms with Gasteiger partial charge in [-0.2, -0.15) is 5.10 Å². The number of nitrogens with two attached hydrogens (primary N) is 1. The lowest BCUT2D eigenvalue weighted by atomic mass is 10.1. The molecule has 0 aliphatic heterocycles. The highest BCUT2D eigenvalue weighted by Gasteiger charge is 2.12. The number of ether oxygens (including phenoxy) is 1. The highest BCUT2D eigenvalue weighted by Crippen LogP contribution is 2.17. The van der Waals surface area contributed by atoms with Crippen LogP contribution in [0.5, 0.6) is 0 Å². The van der Waals surface area contributed by atoms with Gasteiger partial charge in [0, 0.05) is 12.7 Å². The zero-order chi connectivity index (χ0) is 16.1. The quantitative estimate of drug-likeness (QED) is 0.623. The lowest BCUT2D eigenvalue weighted by Crippen LogP contribution is -2.32. The number of aryl methyl sites for hydroxylation is 1. The number of hydrogen-bond acceptors (Lipinski definition) is 4. The third kappa shape index (κ3) is 3.40. The van der Waals surface area contributed by atoms with Gasteiger partial charge < -0.3 is 10.5 Å². The van der Waals surface area contributed by atoms with Crippen molar-refractivity contribution in [1.82, 2.24) is 9.78 Å². The number of rotatable bonds is 6. The first-order chi connectivity index (χ1) is 10.6. The van der Waals surface area contributed by atoms with E-state index >= 15 is 0 Å². The highest BCUT2D eigenvalue weighted by molar-refractivity contribution is 5.95. The molecule has 0 aliphatic carbocycles. The van der Waals surface area contributed by atoms with Crippen molar-refractivity contribution >= 4 is 5.84 Å². The number of nitrogens with zero attached hydrogens (tertiary/aromatic N) is 2. The molecule has 1 heterocycles. The molecule has 1 aromatic carbocycles. The molecule has 0 saturated carbocycles. The van der Waals surface area contributed by atoms with E-state index in [0.29, 0.717) is 18.8 Å². The molecule has 0 aliphatic rings. The van der Waals surface area contributed by atoms with Crippen LogP contribution < -0.4 is 11.3 Å². The Morgan fingerprint density at radius 1 is 1.36 bits per heavy atom. The fourth-order valence-corrected chi connectivity index (χ4v) is 2.12. The molecule has 3 N–H and O–H groups in total. The van der Waals surface area contributed by atoms with Gasteiger partial charge in [0.25, 0.3) is 5.56 Å². The van der Waals surface area contributed by atoms with E-state index in [2.05, 4.69) is 12.0 Å². The first-order valence-electron chi connectivity index (χ1n) is 7.11. The predicted octanol–water partition coefficient (Wildman–Crippen LogP) is 1.40. The largest absolute Gasteiger partial charge is 0.384 e. The summed E-state index contributed by atoms with van der Waals surface area (Å²) in [5.41, 5.74) is 8.01. The summed E-state index contributed by atoms with van der Waals surface area (Å²) in [7, 11) is 1.56. The van der Waals surface area contributed by atoms with Crippen molar-refractivity contribution in [3.05, 3.63) is 51.8 Å². The van der Waals surface area contributed by atoms with Crippen molar-refractivity contribution in [3.8, 4) is 11.3 Å². The Morgan fingerprint density at radius 2 is 2.05 bits per heavy atom. The van der Waals surface area contributed by atoms with Crippen molar-refractivity contribution in [2.24, 2.45) is 5.73 Å². The monoisotopic (exact) mass is 300 g/mol. The number of nitrogen functional groups attached to an aromatic ring is 1. The molecule has 1 aromatic heterocycles. The molecule has 0 bridgehead atoms. The Labute approximate surface area is 129 Å². The summed E-state index contributed by atoms with van der Waals surface area (Å²) in [6.45, 7) is 2.77. The van der Waals surface area contributed by atoms with Gasteiger partial charge in [0.15, 0.2) is 0 Å². The minimum Gasteiger partial charge on any atom is -0.384 e. The third-order valence-electron chi connectivity index (χ3n) is 3.43. The van der Waals surface area contributed by atoms with Crippen LogP contribution in [-0.2, 0) is 17.7 Å². The zero-order valence-electron chi connectivity index (χ0n) is 12.8. The van der Waals surface area contributed by atoms with Gasteiger partial charge in [-0.3, -0.25) is 10.2 Å². The Bertz CT molecular complexity index is 720. The minimum absolute atomic E-state index is 0.153. The molecular weight excluding hydrogens is 280 g/mol. The summed E-state index contributed by atoms with van der Waals surface area (Å²) >= 11 is 0. The maximum absolute atomic E-state index is 12.2. The van der Waals surface area contributed by atoms with Gasteiger partial charge in [0.1, 0.15) is 5.84 Å². The third-order valence-corrected chi connectivity index (χ3v) is 3.43. The van der Waals surface area contributed by atoms with E-state index in [1.807, 2.05) is 24.3 Å². The fourth-order valence-electron chi connectivity index (χ4n) is 2.12. The molecule has 6 nitrogen and oxygen atoms in total. The molecule has 2 aromatic rings. The number of aromatic nitrogens is 2. The average Bonchev–Trinajstić information content (AvgIpc) is 2.53. The predicted molar refractivity (Wildman–Crippen MR) is 86.2 cm³/mol. The van der Waals surface area contributed by atoms with Crippen LogP contribution in [0.25, 0.3) is 11.3 Å². The van der Waals surface area contributed by atoms with Crippen molar-refractivity contribution in [1.29, 1.82) is 5.41 Å². The Morgan fingerprint density at radius 3 is 2.59 bits per heavy atom. The maximum Gasteiger partial charge on any atom is 0.277 e. The van der Waals surface area contributed by atoms with Gasteiger partial charge >= 0.3 is 0 Å². The van der Waals surface area contributed by atoms with Crippen LogP contribution >= 0.6 is 0 Å². The van der Waals surface area contributed by atoms with E-state index in [-0.39, 0.29) is 17.0 Å². The first kappa shape index (κ1) is 15.9. The topological polar surface area (TPSA) is 94.0 Å².